The van der Waals surface area contributed by atoms with Gasteiger partial charge in [-0.05, 0) is 18.6 Å². The van der Waals surface area contributed by atoms with Crippen LogP contribution in [0.2, 0.25) is 0 Å². The minimum atomic E-state index is -1.04. The van der Waals surface area contributed by atoms with E-state index in [0.29, 0.717) is 19.7 Å². The van der Waals surface area contributed by atoms with Gasteiger partial charge in [0.25, 0.3) is 0 Å². The number of carbonyl (C=O) groups excluding carboxylic acids is 2. The Kier molecular flexibility index (Phi) is 6.25. The number of amides is 2. The first-order chi connectivity index (χ1) is 11.4. The average molecular weight is 340 g/mol. The number of rotatable bonds is 5. The smallest absolute Gasteiger partial charge is 0.225 e. The molecule has 132 valence electrons. The van der Waals surface area contributed by atoms with Crippen molar-refractivity contribution in [1.82, 2.24) is 10.2 Å². The van der Waals surface area contributed by atoms with Crippen LogP contribution in [0.4, 0.5) is 8.78 Å². The van der Waals surface area contributed by atoms with Crippen LogP contribution in [0.25, 0.3) is 0 Å². The van der Waals surface area contributed by atoms with Crippen molar-refractivity contribution in [2.75, 3.05) is 19.7 Å². The summed E-state index contributed by atoms with van der Waals surface area (Å²) in [6, 6.07) is 2.42. The molecule has 0 saturated carbocycles. The van der Waals surface area contributed by atoms with Crippen LogP contribution >= 0.6 is 0 Å². The van der Waals surface area contributed by atoms with Crippen molar-refractivity contribution in [3.63, 3.8) is 0 Å². The molecule has 0 aromatic heterocycles. The highest BCUT2D eigenvalue weighted by Gasteiger charge is 2.28. The molecule has 0 bridgehead atoms. The number of hydrogen-bond donors (Lipinski definition) is 1. The highest BCUT2D eigenvalue weighted by atomic mass is 19.1. The van der Waals surface area contributed by atoms with E-state index >= 15 is 0 Å². The molecule has 1 aromatic carbocycles. The van der Waals surface area contributed by atoms with Crippen LogP contribution in [0.15, 0.2) is 18.2 Å². The standard InChI is InChI=1S/C17H22F2N2O3/c1-3-12-10-21(7-8-24-12)16(23)9-15(20-11(2)22)17-13(18)5-4-6-14(17)19/h4-6,12,15H,3,7-10H2,1-2H3,(H,20,22)/t12-,15+/m1/s1. The summed E-state index contributed by atoms with van der Waals surface area (Å²) in [5, 5.41) is 2.48. The number of carbonyl (C=O) groups is 2. The fourth-order valence-electron chi connectivity index (χ4n) is 2.81. The number of benzene rings is 1. The molecule has 0 radical (unpaired) electrons. The predicted molar refractivity (Wildman–Crippen MR) is 84.1 cm³/mol. The first-order valence-corrected chi connectivity index (χ1v) is 8.02. The van der Waals surface area contributed by atoms with Crippen molar-refractivity contribution in [1.29, 1.82) is 0 Å². The van der Waals surface area contributed by atoms with Crippen molar-refractivity contribution in [2.45, 2.75) is 38.8 Å². The Morgan fingerprint density at radius 1 is 1.38 bits per heavy atom. The second-order valence-corrected chi connectivity index (χ2v) is 5.83. The Bertz CT molecular complexity index is 589. The number of hydrogen-bond acceptors (Lipinski definition) is 3. The van der Waals surface area contributed by atoms with E-state index in [-0.39, 0.29) is 24.0 Å². The van der Waals surface area contributed by atoms with Crippen LogP contribution in [-0.4, -0.2) is 42.5 Å². The molecule has 1 heterocycles. The molecule has 1 aliphatic rings. The third kappa shape index (κ3) is 4.50. The van der Waals surface area contributed by atoms with Crippen LogP contribution in [0.1, 0.15) is 38.3 Å². The molecular formula is C17H22F2N2O3. The van der Waals surface area contributed by atoms with Gasteiger partial charge in [-0.1, -0.05) is 13.0 Å². The highest BCUT2D eigenvalue weighted by molar-refractivity contribution is 5.79. The van der Waals surface area contributed by atoms with Crippen LogP contribution < -0.4 is 5.32 Å². The molecule has 2 amide bonds. The lowest BCUT2D eigenvalue weighted by Crippen LogP contribution is -2.46. The molecule has 1 aromatic rings. The summed E-state index contributed by atoms with van der Waals surface area (Å²) in [6.07, 6.45) is 0.543. The molecule has 7 heteroatoms. The Morgan fingerprint density at radius 3 is 2.62 bits per heavy atom. The van der Waals surface area contributed by atoms with Gasteiger partial charge in [0.2, 0.25) is 11.8 Å². The molecule has 2 rings (SSSR count). The predicted octanol–water partition coefficient (Wildman–Crippen LogP) is 2.17. The summed E-state index contributed by atoms with van der Waals surface area (Å²) in [4.78, 5) is 25.5. The fourth-order valence-corrected chi connectivity index (χ4v) is 2.81. The second-order valence-electron chi connectivity index (χ2n) is 5.83. The van der Waals surface area contributed by atoms with Gasteiger partial charge in [0.05, 0.1) is 25.2 Å². The highest BCUT2D eigenvalue weighted by Crippen LogP contribution is 2.25. The topological polar surface area (TPSA) is 58.6 Å². The maximum absolute atomic E-state index is 14.0. The first kappa shape index (κ1) is 18.3. The van der Waals surface area contributed by atoms with Gasteiger partial charge >= 0.3 is 0 Å². The van der Waals surface area contributed by atoms with Crippen LogP contribution in [0, 0.1) is 11.6 Å². The van der Waals surface area contributed by atoms with Gasteiger partial charge in [0, 0.05) is 25.6 Å². The lowest BCUT2D eigenvalue weighted by atomic mass is 10.0. The molecule has 1 N–H and O–H groups in total. The molecule has 2 atom stereocenters. The van der Waals surface area contributed by atoms with E-state index < -0.39 is 23.6 Å². The molecule has 24 heavy (non-hydrogen) atoms. The number of halogens is 2. The molecule has 1 fully saturated rings. The average Bonchev–Trinajstić information content (AvgIpc) is 2.54. The van der Waals surface area contributed by atoms with E-state index in [4.69, 9.17) is 4.74 Å². The third-order valence-electron chi connectivity index (χ3n) is 4.05. The van der Waals surface area contributed by atoms with Crippen LogP contribution in [0.3, 0.4) is 0 Å². The number of morpholine rings is 1. The summed E-state index contributed by atoms with van der Waals surface area (Å²) < 4.78 is 33.6. The van der Waals surface area contributed by atoms with E-state index in [1.54, 1.807) is 4.90 Å². The maximum atomic E-state index is 14.0. The Hall–Kier alpha value is -2.02. The molecule has 0 spiro atoms. The summed E-state index contributed by atoms with van der Waals surface area (Å²) in [7, 11) is 0. The Balaban J connectivity index is 2.17. The lowest BCUT2D eigenvalue weighted by molar-refractivity contribution is -0.139. The molecule has 0 unspecified atom stereocenters. The second kappa shape index (κ2) is 8.19. The number of nitrogens with one attached hydrogen (secondary N) is 1. The first-order valence-electron chi connectivity index (χ1n) is 8.02. The van der Waals surface area contributed by atoms with Crippen LogP contribution in [0.5, 0.6) is 0 Å². The quantitative estimate of drug-likeness (QED) is 0.894. The SMILES string of the molecule is CC[C@@H]1CN(C(=O)C[C@H](NC(C)=O)c2c(F)cccc2F)CCO1. The van der Waals surface area contributed by atoms with Gasteiger partial charge in [0.15, 0.2) is 0 Å². The zero-order valence-electron chi connectivity index (χ0n) is 13.9. The Labute approximate surface area is 140 Å². The number of ether oxygens (including phenoxy) is 1. The van der Waals surface area contributed by atoms with Gasteiger partial charge < -0.3 is 15.0 Å². The van der Waals surface area contributed by atoms with Crippen molar-refractivity contribution in [2.24, 2.45) is 0 Å². The fraction of sp³-hybridized carbons (Fsp3) is 0.529. The number of nitrogens with zero attached hydrogens (tertiary/aromatic N) is 1. The minimum Gasteiger partial charge on any atom is -0.375 e. The summed E-state index contributed by atoms with van der Waals surface area (Å²) in [5.41, 5.74) is -0.290. The van der Waals surface area contributed by atoms with Crippen molar-refractivity contribution in [3.05, 3.63) is 35.4 Å². The van der Waals surface area contributed by atoms with E-state index in [9.17, 15) is 18.4 Å². The Morgan fingerprint density at radius 2 is 2.04 bits per heavy atom. The normalized spacial score (nSPS) is 19.0. The van der Waals surface area contributed by atoms with E-state index in [1.165, 1.54) is 13.0 Å². The monoisotopic (exact) mass is 340 g/mol. The lowest BCUT2D eigenvalue weighted by Gasteiger charge is -2.33. The summed E-state index contributed by atoms with van der Waals surface area (Å²) >= 11 is 0. The van der Waals surface area contributed by atoms with E-state index in [1.807, 2.05) is 6.92 Å². The van der Waals surface area contributed by atoms with E-state index in [2.05, 4.69) is 5.32 Å². The minimum absolute atomic E-state index is 0.0351. The van der Waals surface area contributed by atoms with Gasteiger partial charge in [0.1, 0.15) is 11.6 Å². The summed E-state index contributed by atoms with van der Waals surface area (Å²) in [5.74, 6) is -2.29. The zero-order valence-corrected chi connectivity index (χ0v) is 13.9. The zero-order chi connectivity index (χ0) is 17.7. The van der Waals surface area contributed by atoms with Crippen molar-refractivity contribution < 1.29 is 23.1 Å². The van der Waals surface area contributed by atoms with E-state index in [0.717, 1.165) is 18.6 Å². The van der Waals surface area contributed by atoms with Crippen molar-refractivity contribution >= 4 is 11.8 Å². The molecular weight excluding hydrogens is 318 g/mol. The molecule has 5 nitrogen and oxygen atoms in total. The van der Waals surface area contributed by atoms with Gasteiger partial charge in [-0.2, -0.15) is 0 Å². The summed E-state index contributed by atoms with van der Waals surface area (Å²) in [6.45, 7) is 4.53. The largest absolute Gasteiger partial charge is 0.375 e. The van der Waals surface area contributed by atoms with Gasteiger partial charge in [-0.25, -0.2) is 8.78 Å². The van der Waals surface area contributed by atoms with Gasteiger partial charge in [-0.3, -0.25) is 9.59 Å². The van der Waals surface area contributed by atoms with Crippen molar-refractivity contribution in [3.8, 4) is 0 Å². The molecule has 0 aliphatic carbocycles. The molecule has 1 aliphatic heterocycles. The molecule has 1 saturated heterocycles. The van der Waals surface area contributed by atoms with Gasteiger partial charge in [-0.15, -0.1) is 0 Å². The van der Waals surface area contributed by atoms with Crippen LogP contribution in [-0.2, 0) is 14.3 Å². The third-order valence-corrected chi connectivity index (χ3v) is 4.05. The maximum Gasteiger partial charge on any atom is 0.225 e.